The fourth-order valence-electron chi connectivity index (χ4n) is 3.22. The Kier molecular flexibility index (Phi) is 2.73. The van der Waals surface area contributed by atoms with E-state index in [1.807, 2.05) is 19.2 Å². The molecule has 1 spiro atoms. The Labute approximate surface area is 129 Å². The average Bonchev–Trinajstić information content (AvgIpc) is 3.17. The maximum Gasteiger partial charge on any atom is 0.136 e. The standard InChI is InChI=1S/C16H17ClN4/c1-3-14-19-10(2)6-15(20-14)21-9-16(4-5-16)11-8-18-13(17)7-12(11)21/h6-8H,3-5,9H2,1-2H3. The van der Waals surface area contributed by atoms with E-state index in [0.29, 0.717) is 5.15 Å². The number of rotatable bonds is 2. The summed E-state index contributed by atoms with van der Waals surface area (Å²) < 4.78 is 0. The molecule has 0 saturated heterocycles. The van der Waals surface area contributed by atoms with Gasteiger partial charge < -0.3 is 4.90 Å². The fraction of sp³-hybridized carbons (Fsp3) is 0.438. The van der Waals surface area contributed by atoms with Crippen molar-refractivity contribution in [1.82, 2.24) is 15.0 Å². The molecule has 0 N–H and O–H groups in total. The van der Waals surface area contributed by atoms with E-state index in [1.54, 1.807) is 0 Å². The van der Waals surface area contributed by atoms with Crippen LogP contribution in [0.25, 0.3) is 0 Å². The molecule has 0 amide bonds. The number of hydrogen-bond donors (Lipinski definition) is 0. The second kappa shape index (κ2) is 4.41. The van der Waals surface area contributed by atoms with Crippen LogP contribution in [-0.2, 0) is 11.8 Å². The Morgan fingerprint density at radius 3 is 2.81 bits per heavy atom. The van der Waals surface area contributed by atoms with Gasteiger partial charge in [-0.25, -0.2) is 15.0 Å². The summed E-state index contributed by atoms with van der Waals surface area (Å²) in [6.45, 7) is 5.08. The highest BCUT2D eigenvalue weighted by Crippen LogP contribution is 2.57. The highest BCUT2D eigenvalue weighted by Gasteiger charge is 2.52. The van der Waals surface area contributed by atoms with Gasteiger partial charge in [-0.05, 0) is 25.8 Å². The quantitative estimate of drug-likeness (QED) is 0.795. The molecule has 108 valence electrons. The molecular formula is C16H17ClN4. The Morgan fingerprint density at radius 2 is 2.10 bits per heavy atom. The molecule has 5 heteroatoms. The molecule has 21 heavy (non-hydrogen) atoms. The highest BCUT2D eigenvalue weighted by molar-refractivity contribution is 6.29. The molecule has 2 aliphatic rings. The third kappa shape index (κ3) is 2.01. The number of halogens is 1. The summed E-state index contributed by atoms with van der Waals surface area (Å²) in [4.78, 5) is 15.7. The van der Waals surface area contributed by atoms with E-state index in [-0.39, 0.29) is 5.41 Å². The summed E-state index contributed by atoms with van der Waals surface area (Å²) in [5, 5.41) is 0.540. The molecule has 0 aromatic carbocycles. The van der Waals surface area contributed by atoms with Gasteiger partial charge in [0.05, 0.1) is 5.69 Å². The molecule has 2 aromatic heterocycles. The Hall–Kier alpha value is -1.68. The van der Waals surface area contributed by atoms with Gasteiger partial charge in [0.15, 0.2) is 0 Å². The minimum atomic E-state index is 0.276. The molecular weight excluding hydrogens is 284 g/mol. The molecule has 0 atom stereocenters. The third-order valence-electron chi connectivity index (χ3n) is 4.51. The Morgan fingerprint density at radius 1 is 1.29 bits per heavy atom. The zero-order valence-corrected chi connectivity index (χ0v) is 13.0. The lowest BCUT2D eigenvalue weighted by Gasteiger charge is -2.20. The smallest absolute Gasteiger partial charge is 0.136 e. The van der Waals surface area contributed by atoms with Gasteiger partial charge in [-0.2, -0.15) is 0 Å². The maximum absolute atomic E-state index is 6.11. The van der Waals surface area contributed by atoms with Gasteiger partial charge >= 0.3 is 0 Å². The van der Waals surface area contributed by atoms with Gasteiger partial charge in [-0.1, -0.05) is 18.5 Å². The number of pyridine rings is 1. The number of aryl methyl sites for hydroxylation is 2. The lowest BCUT2D eigenvalue weighted by Crippen LogP contribution is -2.21. The van der Waals surface area contributed by atoms with Crippen molar-refractivity contribution < 1.29 is 0 Å². The second-order valence-corrected chi connectivity index (χ2v) is 6.42. The van der Waals surface area contributed by atoms with Crippen LogP contribution >= 0.6 is 11.6 Å². The van der Waals surface area contributed by atoms with E-state index >= 15 is 0 Å². The Bertz CT molecular complexity index is 724. The van der Waals surface area contributed by atoms with Crippen LogP contribution in [0.1, 0.15) is 36.8 Å². The van der Waals surface area contributed by atoms with E-state index in [1.165, 1.54) is 18.4 Å². The molecule has 1 saturated carbocycles. The monoisotopic (exact) mass is 300 g/mol. The normalized spacial score (nSPS) is 18.1. The van der Waals surface area contributed by atoms with Gasteiger partial charge in [0.2, 0.25) is 0 Å². The molecule has 3 heterocycles. The zero-order chi connectivity index (χ0) is 14.6. The molecule has 2 aromatic rings. The SMILES string of the molecule is CCc1nc(C)cc(N2CC3(CC3)c3cnc(Cl)cc32)n1. The first kappa shape index (κ1) is 13.0. The van der Waals surface area contributed by atoms with Crippen LogP contribution in [0.4, 0.5) is 11.5 Å². The molecule has 1 aliphatic heterocycles. The van der Waals surface area contributed by atoms with Crippen LogP contribution in [0.15, 0.2) is 18.3 Å². The largest absolute Gasteiger partial charge is 0.325 e. The fourth-order valence-corrected chi connectivity index (χ4v) is 3.37. The van der Waals surface area contributed by atoms with Crippen molar-refractivity contribution in [3.8, 4) is 0 Å². The number of aromatic nitrogens is 3. The minimum Gasteiger partial charge on any atom is -0.325 e. The van der Waals surface area contributed by atoms with Crippen LogP contribution in [0.2, 0.25) is 5.15 Å². The summed E-state index contributed by atoms with van der Waals surface area (Å²) in [6, 6.07) is 4.02. The molecule has 1 fully saturated rings. The number of hydrogen-bond acceptors (Lipinski definition) is 4. The van der Waals surface area contributed by atoms with Crippen molar-refractivity contribution in [2.75, 3.05) is 11.4 Å². The number of anilines is 2. The van der Waals surface area contributed by atoms with Crippen LogP contribution < -0.4 is 4.90 Å². The minimum absolute atomic E-state index is 0.276. The summed E-state index contributed by atoms with van der Waals surface area (Å²) in [7, 11) is 0. The van der Waals surface area contributed by atoms with E-state index in [4.69, 9.17) is 16.6 Å². The van der Waals surface area contributed by atoms with Crippen molar-refractivity contribution in [1.29, 1.82) is 0 Å². The summed E-state index contributed by atoms with van der Waals surface area (Å²) in [6.07, 6.45) is 5.24. The predicted octanol–water partition coefficient (Wildman–Crippen LogP) is 3.58. The van der Waals surface area contributed by atoms with Gasteiger partial charge in [0.1, 0.15) is 16.8 Å². The number of fused-ring (bicyclic) bond motifs is 2. The van der Waals surface area contributed by atoms with Gasteiger partial charge in [0.25, 0.3) is 0 Å². The van der Waals surface area contributed by atoms with Crippen LogP contribution in [0.5, 0.6) is 0 Å². The van der Waals surface area contributed by atoms with E-state index in [9.17, 15) is 0 Å². The lowest BCUT2D eigenvalue weighted by molar-refractivity contribution is 0.734. The summed E-state index contributed by atoms with van der Waals surface area (Å²) in [5.41, 5.74) is 3.77. The van der Waals surface area contributed by atoms with Crippen molar-refractivity contribution in [2.24, 2.45) is 0 Å². The average molecular weight is 301 g/mol. The van der Waals surface area contributed by atoms with E-state index < -0.39 is 0 Å². The van der Waals surface area contributed by atoms with Crippen molar-refractivity contribution in [2.45, 2.75) is 38.5 Å². The van der Waals surface area contributed by atoms with Crippen molar-refractivity contribution in [3.63, 3.8) is 0 Å². The number of nitrogens with zero attached hydrogens (tertiary/aromatic N) is 4. The van der Waals surface area contributed by atoms with E-state index in [0.717, 1.165) is 36.0 Å². The predicted molar refractivity (Wildman–Crippen MR) is 83.3 cm³/mol. The van der Waals surface area contributed by atoms with Crippen molar-refractivity contribution in [3.05, 3.63) is 40.6 Å². The molecule has 4 nitrogen and oxygen atoms in total. The summed E-state index contributed by atoms with van der Waals surface area (Å²) in [5.74, 6) is 1.87. The highest BCUT2D eigenvalue weighted by atomic mass is 35.5. The van der Waals surface area contributed by atoms with E-state index in [2.05, 4.69) is 27.9 Å². The van der Waals surface area contributed by atoms with Gasteiger partial charge in [-0.15, -0.1) is 0 Å². The third-order valence-corrected chi connectivity index (χ3v) is 4.71. The second-order valence-electron chi connectivity index (χ2n) is 6.03. The molecule has 4 rings (SSSR count). The molecule has 0 bridgehead atoms. The molecule has 1 aliphatic carbocycles. The van der Waals surface area contributed by atoms with Gasteiger partial charge in [-0.3, -0.25) is 0 Å². The van der Waals surface area contributed by atoms with Crippen molar-refractivity contribution >= 4 is 23.1 Å². The first-order valence-electron chi connectivity index (χ1n) is 7.39. The first-order valence-corrected chi connectivity index (χ1v) is 7.77. The van der Waals surface area contributed by atoms with Crippen LogP contribution in [-0.4, -0.2) is 21.5 Å². The molecule has 0 unspecified atom stereocenters. The van der Waals surface area contributed by atoms with Crippen LogP contribution in [0, 0.1) is 6.92 Å². The van der Waals surface area contributed by atoms with Crippen LogP contribution in [0.3, 0.4) is 0 Å². The Balaban J connectivity index is 1.84. The molecule has 0 radical (unpaired) electrons. The lowest BCUT2D eigenvalue weighted by atomic mass is 10.0. The van der Waals surface area contributed by atoms with Gasteiger partial charge in [0, 0.05) is 41.9 Å². The first-order chi connectivity index (χ1) is 10.1. The summed E-state index contributed by atoms with van der Waals surface area (Å²) >= 11 is 6.11. The topological polar surface area (TPSA) is 41.9 Å². The maximum atomic E-state index is 6.11. The zero-order valence-electron chi connectivity index (χ0n) is 12.2.